The van der Waals surface area contributed by atoms with Crippen LogP contribution in [0.5, 0.6) is 11.5 Å². The summed E-state index contributed by atoms with van der Waals surface area (Å²) in [4.78, 5) is 14.8. The summed E-state index contributed by atoms with van der Waals surface area (Å²) in [5, 5.41) is 2.98. The fraction of sp³-hybridized carbons (Fsp3) is 0.316. The van der Waals surface area contributed by atoms with E-state index in [1.54, 1.807) is 6.07 Å². The molecule has 0 saturated carbocycles. The number of benzene rings is 2. The average Bonchev–Trinajstić information content (AvgIpc) is 3.10. The van der Waals surface area contributed by atoms with Gasteiger partial charge >= 0.3 is 0 Å². The zero-order chi connectivity index (χ0) is 16.4. The van der Waals surface area contributed by atoms with Crippen LogP contribution in [0.1, 0.15) is 21.5 Å². The van der Waals surface area contributed by atoms with Crippen LogP contribution in [0.4, 0.5) is 0 Å². The van der Waals surface area contributed by atoms with E-state index in [2.05, 4.69) is 34.5 Å². The van der Waals surface area contributed by atoms with Crippen molar-refractivity contribution in [1.82, 2.24) is 10.2 Å². The summed E-state index contributed by atoms with van der Waals surface area (Å²) in [6.07, 6.45) is 1.07. The zero-order valence-electron chi connectivity index (χ0n) is 13.5. The van der Waals surface area contributed by atoms with Gasteiger partial charge in [0.05, 0.1) is 5.56 Å². The smallest absolute Gasteiger partial charge is 0.255 e. The monoisotopic (exact) mass is 324 g/mol. The van der Waals surface area contributed by atoms with E-state index in [0.717, 1.165) is 26.1 Å². The van der Waals surface area contributed by atoms with Crippen LogP contribution < -0.4 is 14.8 Å². The molecule has 2 heterocycles. The lowest BCUT2D eigenvalue weighted by Crippen LogP contribution is -2.37. The second-order valence-corrected chi connectivity index (χ2v) is 6.09. The molecule has 0 radical (unpaired) electrons. The molecule has 0 fully saturated rings. The van der Waals surface area contributed by atoms with Gasteiger partial charge in [-0.2, -0.15) is 0 Å². The third kappa shape index (κ3) is 2.95. The van der Waals surface area contributed by atoms with Crippen LogP contribution in [0.3, 0.4) is 0 Å². The zero-order valence-corrected chi connectivity index (χ0v) is 13.5. The number of amides is 1. The summed E-state index contributed by atoms with van der Waals surface area (Å²) in [5.41, 5.74) is 3.37. The number of nitrogens with zero attached hydrogens (tertiary/aromatic N) is 1. The van der Waals surface area contributed by atoms with Gasteiger partial charge in [-0.25, -0.2) is 0 Å². The molecule has 0 bridgehead atoms. The molecule has 0 aliphatic carbocycles. The molecule has 4 rings (SSSR count). The minimum absolute atomic E-state index is 0.116. The van der Waals surface area contributed by atoms with Crippen LogP contribution in [-0.2, 0) is 13.0 Å². The number of nitrogens with one attached hydrogen (secondary N) is 1. The number of hydrogen-bond acceptors (Lipinski definition) is 4. The van der Waals surface area contributed by atoms with Gasteiger partial charge in [0.25, 0.3) is 5.91 Å². The molecule has 2 aromatic rings. The van der Waals surface area contributed by atoms with Crippen molar-refractivity contribution in [2.24, 2.45) is 0 Å². The molecule has 0 spiro atoms. The lowest BCUT2D eigenvalue weighted by Gasteiger charge is -2.28. The Balaban J connectivity index is 1.32. The molecule has 0 unspecified atom stereocenters. The molecule has 2 aromatic carbocycles. The summed E-state index contributed by atoms with van der Waals surface area (Å²) in [6, 6.07) is 14.0. The Kier molecular flexibility index (Phi) is 4.09. The Labute approximate surface area is 141 Å². The quantitative estimate of drug-likeness (QED) is 0.937. The summed E-state index contributed by atoms with van der Waals surface area (Å²) in [6.45, 7) is 3.61. The third-order valence-corrected chi connectivity index (χ3v) is 4.56. The van der Waals surface area contributed by atoms with Gasteiger partial charge in [0.15, 0.2) is 11.5 Å². The highest BCUT2D eigenvalue weighted by Gasteiger charge is 2.22. The van der Waals surface area contributed by atoms with Crippen LogP contribution in [0.2, 0.25) is 0 Å². The molecule has 2 aliphatic rings. The van der Waals surface area contributed by atoms with Crippen LogP contribution in [0.25, 0.3) is 0 Å². The molecule has 2 aliphatic heterocycles. The standard InChI is InChI=1S/C19H20N2O3/c22-19(16-6-3-7-17-18(16)24-13-23-17)20-9-11-21-10-8-14-4-1-2-5-15(14)12-21/h1-7H,8-13H2,(H,20,22). The molecule has 0 atom stereocenters. The Morgan fingerprint density at radius 1 is 1.08 bits per heavy atom. The maximum atomic E-state index is 12.4. The van der Waals surface area contributed by atoms with E-state index in [1.807, 2.05) is 12.1 Å². The predicted molar refractivity (Wildman–Crippen MR) is 90.3 cm³/mol. The topological polar surface area (TPSA) is 50.8 Å². The minimum Gasteiger partial charge on any atom is -0.454 e. The summed E-state index contributed by atoms with van der Waals surface area (Å²) in [7, 11) is 0. The van der Waals surface area contributed by atoms with Crippen molar-refractivity contribution in [2.45, 2.75) is 13.0 Å². The van der Waals surface area contributed by atoms with E-state index in [0.29, 0.717) is 23.6 Å². The lowest BCUT2D eigenvalue weighted by molar-refractivity contribution is 0.0942. The minimum atomic E-state index is -0.116. The SMILES string of the molecule is O=C(NCCN1CCc2ccccc2C1)c1cccc2c1OCO2. The number of ether oxygens (including phenoxy) is 2. The van der Waals surface area contributed by atoms with E-state index < -0.39 is 0 Å². The molecule has 24 heavy (non-hydrogen) atoms. The fourth-order valence-electron chi connectivity index (χ4n) is 3.28. The summed E-state index contributed by atoms with van der Waals surface area (Å²) >= 11 is 0. The molecule has 0 aromatic heterocycles. The molecule has 0 saturated heterocycles. The highest BCUT2D eigenvalue weighted by molar-refractivity contribution is 5.97. The highest BCUT2D eigenvalue weighted by atomic mass is 16.7. The van der Waals surface area contributed by atoms with Gasteiger partial charge < -0.3 is 14.8 Å². The Bertz CT molecular complexity index is 760. The number of carbonyl (C=O) groups excluding carboxylic acids is 1. The largest absolute Gasteiger partial charge is 0.454 e. The van der Waals surface area contributed by atoms with Crippen LogP contribution in [0, 0.1) is 0 Å². The summed E-state index contributed by atoms with van der Waals surface area (Å²) < 4.78 is 10.7. The van der Waals surface area contributed by atoms with Crippen molar-refractivity contribution in [3.8, 4) is 11.5 Å². The lowest BCUT2D eigenvalue weighted by atomic mass is 10.00. The maximum absolute atomic E-state index is 12.4. The van der Waals surface area contributed by atoms with Gasteiger partial charge in [-0.3, -0.25) is 9.69 Å². The average molecular weight is 324 g/mol. The van der Waals surface area contributed by atoms with Gasteiger partial charge in [-0.1, -0.05) is 30.3 Å². The van der Waals surface area contributed by atoms with Crippen LogP contribution in [-0.4, -0.2) is 37.2 Å². The van der Waals surface area contributed by atoms with Crippen molar-refractivity contribution in [2.75, 3.05) is 26.4 Å². The van der Waals surface area contributed by atoms with Gasteiger partial charge in [-0.15, -0.1) is 0 Å². The van der Waals surface area contributed by atoms with Gasteiger partial charge in [0.2, 0.25) is 6.79 Å². The van der Waals surface area contributed by atoms with Crippen molar-refractivity contribution in [1.29, 1.82) is 0 Å². The summed E-state index contributed by atoms with van der Waals surface area (Å²) in [5.74, 6) is 1.06. The predicted octanol–water partition coefficient (Wildman–Crippen LogP) is 2.20. The number of hydrogen-bond donors (Lipinski definition) is 1. The van der Waals surface area contributed by atoms with Crippen molar-refractivity contribution in [3.63, 3.8) is 0 Å². The Morgan fingerprint density at radius 2 is 1.96 bits per heavy atom. The second-order valence-electron chi connectivity index (χ2n) is 6.09. The molecule has 5 nitrogen and oxygen atoms in total. The molecular formula is C19H20N2O3. The third-order valence-electron chi connectivity index (χ3n) is 4.56. The van der Waals surface area contributed by atoms with E-state index in [-0.39, 0.29) is 12.7 Å². The maximum Gasteiger partial charge on any atom is 0.255 e. The first-order valence-corrected chi connectivity index (χ1v) is 8.27. The van der Waals surface area contributed by atoms with Crippen LogP contribution >= 0.6 is 0 Å². The van der Waals surface area contributed by atoms with E-state index in [4.69, 9.17) is 9.47 Å². The Morgan fingerprint density at radius 3 is 2.88 bits per heavy atom. The first-order chi connectivity index (χ1) is 11.8. The number of fused-ring (bicyclic) bond motifs is 2. The van der Waals surface area contributed by atoms with Crippen molar-refractivity contribution < 1.29 is 14.3 Å². The number of para-hydroxylation sites is 1. The van der Waals surface area contributed by atoms with Crippen molar-refractivity contribution in [3.05, 3.63) is 59.2 Å². The molecule has 1 N–H and O–H groups in total. The van der Waals surface area contributed by atoms with Crippen LogP contribution in [0.15, 0.2) is 42.5 Å². The highest BCUT2D eigenvalue weighted by Crippen LogP contribution is 2.35. The molecule has 5 heteroatoms. The first kappa shape index (κ1) is 15.0. The van der Waals surface area contributed by atoms with E-state index in [1.165, 1.54) is 11.1 Å². The Hall–Kier alpha value is -2.53. The van der Waals surface area contributed by atoms with Gasteiger partial charge in [0, 0.05) is 26.2 Å². The van der Waals surface area contributed by atoms with E-state index in [9.17, 15) is 4.79 Å². The van der Waals surface area contributed by atoms with Crippen molar-refractivity contribution >= 4 is 5.91 Å². The second kappa shape index (κ2) is 6.53. The van der Waals surface area contributed by atoms with Gasteiger partial charge in [0.1, 0.15) is 0 Å². The number of rotatable bonds is 4. The van der Waals surface area contributed by atoms with E-state index >= 15 is 0 Å². The van der Waals surface area contributed by atoms with Gasteiger partial charge in [-0.05, 0) is 29.7 Å². The fourth-order valence-corrected chi connectivity index (χ4v) is 3.28. The molecule has 1 amide bonds. The normalized spacial score (nSPS) is 15.8. The number of carbonyl (C=O) groups is 1. The molecular weight excluding hydrogens is 304 g/mol. The molecule has 124 valence electrons. The first-order valence-electron chi connectivity index (χ1n) is 8.27.